The molecule has 1 N–H and O–H groups in total. The van der Waals surface area contributed by atoms with Crippen LogP contribution < -0.4 is 10.1 Å². The molecule has 1 heterocycles. The number of piperidine rings is 1. The quantitative estimate of drug-likeness (QED) is 0.849. The Hall–Kier alpha value is -2.45. The van der Waals surface area contributed by atoms with Crippen LogP contribution in [0.25, 0.3) is 0 Å². The molecule has 1 saturated heterocycles. The van der Waals surface area contributed by atoms with Crippen molar-refractivity contribution in [2.75, 3.05) is 19.0 Å². The number of sulfonamides is 1. The van der Waals surface area contributed by atoms with Gasteiger partial charge in [-0.25, -0.2) is 12.8 Å². The monoisotopic (exact) mass is 392 g/mol. The highest BCUT2D eigenvalue weighted by molar-refractivity contribution is 7.89. The van der Waals surface area contributed by atoms with E-state index in [-0.39, 0.29) is 11.4 Å². The topological polar surface area (TPSA) is 75.7 Å². The molecule has 144 valence electrons. The largest absolute Gasteiger partial charge is 0.497 e. The molecule has 0 radical (unpaired) electrons. The van der Waals surface area contributed by atoms with E-state index in [2.05, 4.69) is 5.32 Å². The maximum atomic E-state index is 13.1. The van der Waals surface area contributed by atoms with Crippen LogP contribution in [-0.2, 0) is 14.8 Å². The van der Waals surface area contributed by atoms with E-state index < -0.39 is 27.8 Å². The Balaban J connectivity index is 1.84. The summed E-state index contributed by atoms with van der Waals surface area (Å²) >= 11 is 0. The Bertz CT molecular complexity index is 916. The Kier molecular flexibility index (Phi) is 5.76. The van der Waals surface area contributed by atoms with Gasteiger partial charge in [0.1, 0.15) is 17.6 Å². The number of carbonyl (C=O) groups excluding carboxylic acids is 1. The predicted octanol–water partition coefficient (Wildman–Crippen LogP) is 3.02. The molecule has 1 aliphatic heterocycles. The Labute approximate surface area is 158 Å². The molecule has 27 heavy (non-hydrogen) atoms. The molecule has 0 spiro atoms. The lowest BCUT2D eigenvalue weighted by Crippen LogP contribution is -2.49. The smallest absolute Gasteiger partial charge is 0.243 e. The van der Waals surface area contributed by atoms with Gasteiger partial charge in [-0.2, -0.15) is 4.31 Å². The average molecular weight is 392 g/mol. The van der Waals surface area contributed by atoms with Gasteiger partial charge in [0.15, 0.2) is 0 Å². The molecule has 1 aliphatic rings. The van der Waals surface area contributed by atoms with Gasteiger partial charge < -0.3 is 10.1 Å². The molecule has 8 heteroatoms. The van der Waals surface area contributed by atoms with Gasteiger partial charge in [-0.05, 0) is 49.2 Å². The number of nitrogens with zero attached hydrogens (tertiary/aromatic N) is 1. The molecule has 1 atom stereocenters. The zero-order chi connectivity index (χ0) is 19.4. The summed E-state index contributed by atoms with van der Waals surface area (Å²) in [6.45, 7) is 0.246. The molecule has 3 rings (SSSR count). The first-order chi connectivity index (χ1) is 12.9. The minimum absolute atomic E-state index is 0.0232. The van der Waals surface area contributed by atoms with E-state index in [1.54, 1.807) is 24.3 Å². The Morgan fingerprint density at radius 3 is 2.63 bits per heavy atom. The molecule has 0 bridgehead atoms. The number of methoxy groups -OCH3 is 1. The fourth-order valence-electron chi connectivity index (χ4n) is 3.12. The van der Waals surface area contributed by atoms with Crippen molar-refractivity contribution < 1.29 is 22.3 Å². The third kappa shape index (κ3) is 4.28. The standard InChI is InChI=1S/C19H21FN2O4S/c1-26-16-6-4-5-15(13-16)21-19(23)18-7-2-3-12-22(18)27(24,25)17-10-8-14(20)9-11-17/h4-6,8-11,13,18H,2-3,7,12H2,1H3,(H,21,23). The Morgan fingerprint density at radius 2 is 1.93 bits per heavy atom. The minimum Gasteiger partial charge on any atom is -0.497 e. The van der Waals surface area contributed by atoms with Gasteiger partial charge >= 0.3 is 0 Å². The van der Waals surface area contributed by atoms with Crippen molar-refractivity contribution >= 4 is 21.6 Å². The third-order valence-corrected chi connectivity index (χ3v) is 6.44. The van der Waals surface area contributed by atoms with E-state index in [0.29, 0.717) is 24.3 Å². The zero-order valence-electron chi connectivity index (χ0n) is 14.9. The van der Waals surface area contributed by atoms with E-state index in [4.69, 9.17) is 4.74 Å². The van der Waals surface area contributed by atoms with Gasteiger partial charge in [0.25, 0.3) is 0 Å². The molecular weight excluding hydrogens is 371 g/mol. The van der Waals surface area contributed by atoms with Crippen LogP contribution in [0.2, 0.25) is 0 Å². The summed E-state index contributed by atoms with van der Waals surface area (Å²) in [5.41, 5.74) is 0.532. The fourth-order valence-corrected chi connectivity index (χ4v) is 4.78. The summed E-state index contributed by atoms with van der Waals surface area (Å²) in [6.07, 6.45) is 1.85. The number of halogens is 1. The van der Waals surface area contributed by atoms with Crippen LogP contribution in [0.5, 0.6) is 5.75 Å². The molecule has 6 nitrogen and oxygen atoms in total. The van der Waals surface area contributed by atoms with Crippen LogP contribution in [0.1, 0.15) is 19.3 Å². The van der Waals surface area contributed by atoms with Crippen LogP contribution >= 0.6 is 0 Å². The van der Waals surface area contributed by atoms with Crippen molar-refractivity contribution in [2.45, 2.75) is 30.2 Å². The maximum Gasteiger partial charge on any atom is 0.243 e. The van der Waals surface area contributed by atoms with Gasteiger partial charge in [-0.1, -0.05) is 12.5 Å². The number of hydrogen-bond acceptors (Lipinski definition) is 4. The van der Waals surface area contributed by atoms with Crippen LogP contribution in [-0.4, -0.2) is 38.3 Å². The molecule has 0 saturated carbocycles. The van der Waals surface area contributed by atoms with Crippen molar-refractivity contribution in [2.24, 2.45) is 0 Å². The zero-order valence-corrected chi connectivity index (χ0v) is 15.7. The second-order valence-corrected chi connectivity index (χ2v) is 8.19. The molecule has 1 fully saturated rings. The number of ether oxygens (including phenoxy) is 1. The molecule has 1 unspecified atom stereocenters. The van der Waals surface area contributed by atoms with Crippen molar-refractivity contribution in [3.63, 3.8) is 0 Å². The van der Waals surface area contributed by atoms with Crippen LogP contribution in [0, 0.1) is 5.82 Å². The lowest BCUT2D eigenvalue weighted by molar-refractivity contribution is -0.120. The molecule has 0 aliphatic carbocycles. The van der Waals surface area contributed by atoms with E-state index in [0.717, 1.165) is 18.6 Å². The molecule has 0 aromatic heterocycles. The number of amides is 1. The van der Waals surface area contributed by atoms with E-state index >= 15 is 0 Å². The summed E-state index contributed by atoms with van der Waals surface area (Å²) in [4.78, 5) is 12.8. The summed E-state index contributed by atoms with van der Waals surface area (Å²) in [5, 5.41) is 2.76. The lowest BCUT2D eigenvalue weighted by atomic mass is 10.0. The molecule has 2 aromatic carbocycles. The molecule has 1 amide bonds. The van der Waals surface area contributed by atoms with Crippen LogP contribution in [0.3, 0.4) is 0 Å². The number of nitrogens with one attached hydrogen (secondary N) is 1. The normalized spacial score (nSPS) is 18.1. The Morgan fingerprint density at radius 1 is 1.19 bits per heavy atom. The highest BCUT2D eigenvalue weighted by Gasteiger charge is 2.37. The van der Waals surface area contributed by atoms with E-state index in [1.165, 1.54) is 23.5 Å². The summed E-state index contributed by atoms with van der Waals surface area (Å²) in [7, 11) is -2.37. The number of hydrogen-bond donors (Lipinski definition) is 1. The summed E-state index contributed by atoms with van der Waals surface area (Å²) < 4.78 is 45.4. The first kappa shape index (κ1) is 19.3. The number of carbonyl (C=O) groups is 1. The highest BCUT2D eigenvalue weighted by atomic mass is 32.2. The number of anilines is 1. The molecule has 2 aromatic rings. The van der Waals surface area contributed by atoms with Gasteiger partial charge in [-0.3, -0.25) is 4.79 Å². The van der Waals surface area contributed by atoms with Crippen molar-refractivity contribution in [3.05, 3.63) is 54.3 Å². The number of rotatable bonds is 5. The van der Waals surface area contributed by atoms with Crippen LogP contribution in [0.15, 0.2) is 53.4 Å². The van der Waals surface area contributed by atoms with Crippen molar-refractivity contribution in [1.82, 2.24) is 4.31 Å². The fraction of sp³-hybridized carbons (Fsp3) is 0.316. The molecular formula is C19H21FN2O4S. The first-order valence-electron chi connectivity index (χ1n) is 8.64. The summed E-state index contributed by atoms with van der Waals surface area (Å²) in [5.74, 6) is -0.319. The maximum absolute atomic E-state index is 13.1. The minimum atomic E-state index is -3.90. The first-order valence-corrected chi connectivity index (χ1v) is 10.1. The lowest BCUT2D eigenvalue weighted by Gasteiger charge is -2.33. The van der Waals surface area contributed by atoms with Gasteiger partial charge in [-0.15, -0.1) is 0 Å². The third-order valence-electron chi connectivity index (χ3n) is 4.51. The van der Waals surface area contributed by atoms with E-state index in [9.17, 15) is 17.6 Å². The van der Waals surface area contributed by atoms with Gasteiger partial charge in [0.05, 0.1) is 12.0 Å². The van der Waals surface area contributed by atoms with Crippen molar-refractivity contribution in [1.29, 1.82) is 0 Å². The van der Waals surface area contributed by atoms with Gasteiger partial charge in [0.2, 0.25) is 15.9 Å². The summed E-state index contributed by atoms with van der Waals surface area (Å²) in [6, 6.07) is 10.7. The SMILES string of the molecule is COc1cccc(NC(=O)C2CCCCN2S(=O)(=O)c2ccc(F)cc2)c1. The van der Waals surface area contributed by atoms with Gasteiger partial charge in [0, 0.05) is 18.3 Å². The second kappa shape index (κ2) is 8.06. The average Bonchev–Trinajstić information content (AvgIpc) is 2.68. The highest BCUT2D eigenvalue weighted by Crippen LogP contribution is 2.27. The van der Waals surface area contributed by atoms with Crippen LogP contribution in [0.4, 0.5) is 10.1 Å². The second-order valence-electron chi connectivity index (χ2n) is 6.30. The predicted molar refractivity (Wildman–Crippen MR) is 99.6 cm³/mol. The van der Waals surface area contributed by atoms with Crippen molar-refractivity contribution in [3.8, 4) is 5.75 Å². The van der Waals surface area contributed by atoms with E-state index in [1.807, 2.05) is 0 Å². The number of benzene rings is 2.